The van der Waals surface area contributed by atoms with E-state index in [-0.39, 0.29) is 35.1 Å². The first-order valence-corrected chi connectivity index (χ1v) is 10.8. The minimum Gasteiger partial charge on any atom is -0.454 e. The van der Waals surface area contributed by atoms with Crippen molar-refractivity contribution in [3.8, 4) is 17.6 Å². The summed E-state index contributed by atoms with van der Waals surface area (Å²) >= 11 is 0. The first kappa shape index (κ1) is 21.5. The van der Waals surface area contributed by atoms with E-state index >= 15 is 0 Å². The Balaban J connectivity index is 1.75. The second-order valence-corrected chi connectivity index (χ2v) is 9.37. The molecule has 9 heteroatoms. The molecule has 0 aromatic heterocycles. The average molecular weight is 458 g/mol. The highest BCUT2D eigenvalue weighted by molar-refractivity contribution is 6.01. The molecule has 172 valence electrons. The van der Waals surface area contributed by atoms with E-state index < -0.39 is 10.8 Å². The minimum absolute atomic E-state index is 0.0791. The molecule has 3 aliphatic rings. The quantitative estimate of drug-likeness (QED) is 0.533. The molecule has 0 spiro atoms. The van der Waals surface area contributed by atoms with Gasteiger partial charge in [0, 0.05) is 29.8 Å². The lowest BCUT2D eigenvalue weighted by molar-refractivity contribution is -0.384. The summed E-state index contributed by atoms with van der Waals surface area (Å²) in [6.07, 6.45) is 0.825. The number of carbonyl (C=O) groups is 1. The normalized spacial score (nSPS) is 20.8. The standard InChI is InChI=1S/C25H22N4O5/c1-25(2)10-18-23(19(30)11-25)22(14-6-7-20-21(8-14)34-13-33-20)17(12-26)24(27)28(18)15-4-3-5-16(9-15)29(31)32/h3-9,22H,10-11,13,27H2,1-2H3. The van der Waals surface area contributed by atoms with Crippen molar-refractivity contribution in [2.75, 3.05) is 11.7 Å². The fourth-order valence-electron chi connectivity index (χ4n) is 4.98. The molecule has 2 N–H and O–H groups in total. The molecule has 34 heavy (non-hydrogen) atoms. The first-order valence-electron chi connectivity index (χ1n) is 10.8. The van der Waals surface area contributed by atoms with E-state index in [9.17, 15) is 20.2 Å². The molecule has 0 saturated carbocycles. The maximum absolute atomic E-state index is 13.6. The smallest absolute Gasteiger partial charge is 0.271 e. The monoisotopic (exact) mass is 458 g/mol. The molecule has 2 heterocycles. The summed E-state index contributed by atoms with van der Waals surface area (Å²) < 4.78 is 10.9. The molecule has 0 radical (unpaired) electrons. The molecular formula is C25H22N4O5. The van der Waals surface area contributed by atoms with Gasteiger partial charge >= 0.3 is 0 Å². The number of nitrogens with two attached hydrogens (primary N) is 1. The van der Waals surface area contributed by atoms with Crippen molar-refractivity contribution >= 4 is 17.2 Å². The minimum atomic E-state index is -0.673. The van der Waals surface area contributed by atoms with Crippen molar-refractivity contribution in [3.05, 3.63) is 80.8 Å². The molecule has 1 atom stereocenters. The number of hydrogen-bond acceptors (Lipinski definition) is 8. The summed E-state index contributed by atoms with van der Waals surface area (Å²) in [5, 5.41) is 21.6. The van der Waals surface area contributed by atoms with Crippen LogP contribution in [0.15, 0.2) is 65.1 Å². The fourth-order valence-corrected chi connectivity index (χ4v) is 4.98. The van der Waals surface area contributed by atoms with Gasteiger partial charge in [0.05, 0.1) is 28.2 Å². The molecule has 0 bridgehead atoms. The third-order valence-corrected chi connectivity index (χ3v) is 6.41. The van der Waals surface area contributed by atoms with E-state index in [0.29, 0.717) is 46.9 Å². The SMILES string of the molecule is CC1(C)CC(=O)C2=C(C1)N(c1cccc([N+](=O)[O-])c1)C(N)=C(C#N)C2c1ccc2c(c1)OCO2. The van der Waals surface area contributed by atoms with Gasteiger partial charge in [-0.15, -0.1) is 0 Å². The van der Waals surface area contributed by atoms with Crippen LogP contribution in [0.5, 0.6) is 11.5 Å². The number of nitrogens with zero attached hydrogens (tertiary/aromatic N) is 3. The van der Waals surface area contributed by atoms with E-state index in [2.05, 4.69) is 6.07 Å². The predicted octanol–water partition coefficient (Wildman–Crippen LogP) is 4.26. The lowest BCUT2D eigenvalue weighted by Gasteiger charge is -2.43. The molecule has 1 aliphatic carbocycles. The second-order valence-electron chi connectivity index (χ2n) is 9.37. The van der Waals surface area contributed by atoms with Gasteiger partial charge in [-0.2, -0.15) is 5.26 Å². The van der Waals surface area contributed by atoms with Crippen LogP contribution in [0.4, 0.5) is 11.4 Å². The molecular weight excluding hydrogens is 436 g/mol. The van der Waals surface area contributed by atoms with Crippen LogP contribution in [-0.2, 0) is 4.79 Å². The largest absolute Gasteiger partial charge is 0.454 e. The number of ether oxygens (including phenoxy) is 2. The lowest BCUT2D eigenvalue weighted by Crippen LogP contribution is -2.42. The van der Waals surface area contributed by atoms with Gasteiger partial charge in [-0.25, -0.2) is 0 Å². The maximum atomic E-state index is 13.6. The number of nitriles is 1. The Morgan fingerprint density at radius 1 is 1.18 bits per heavy atom. The lowest BCUT2D eigenvalue weighted by atomic mass is 9.68. The van der Waals surface area contributed by atoms with Crippen molar-refractivity contribution in [3.63, 3.8) is 0 Å². The van der Waals surface area contributed by atoms with Gasteiger partial charge in [-0.1, -0.05) is 26.0 Å². The number of nitro benzene ring substituents is 1. The molecule has 2 aliphatic heterocycles. The summed E-state index contributed by atoms with van der Waals surface area (Å²) in [5.74, 6) is 0.534. The highest BCUT2D eigenvalue weighted by Gasteiger charge is 2.45. The van der Waals surface area contributed by atoms with Crippen LogP contribution in [0.2, 0.25) is 0 Å². The summed E-state index contributed by atoms with van der Waals surface area (Å²) in [6, 6.07) is 13.6. The van der Waals surface area contributed by atoms with Crippen molar-refractivity contribution < 1.29 is 19.2 Å². The maximum Gasteiger partial charge on any atom is 0.271 e. The number of non-ortho nitro benzene ring substituents is 1. The van der Waals surface area contributed by atoms with Crippen LogP contribution in [0, 0.1) is 26.9 Å². The number of anilines is 1. The number of allylic oxidation sites excluding steroid dienone is 3. The number of hydrogen-bond donors (Lipinski definition) is 1. The summed E-state index contributed by atoms with van der Waals surface area (Å²) in [4.78, 5) is 26.1. The highest BCUT2D eigenvalue weighted by Crippen LogP contribution is 2.51. The molecule has 0 fully saturated rings. The van der Waals surface area contributed by atoms with Crippen LogP contribution < -0.4 is 20.1 Å². The van der Waals surface area contributed by atoms with Gasteiger partial charge in [0.2, 0.25) is 6.79 Å². The Kier molecular flexibility index (Phi) is 4.83. The Morgan fingerprint density at radius 2 is 1.94 bits per heavy atom. The second kappa shape index (κ2) is 7.63. The molecule has 0 amide bonds. The van der Waals surface area contributed by atoms with E-state index in [1.807, 2.05) is 19.9 Å². The molecule has 2 aromatic rings. The Morgan fingerprint density at radius 3 is 2.68 bits per heavy atom. The van der Waals surface area contributed by atoms with Crippen molar-refractivity contribution in [1.29, 1.82) is 5.26 Å². The van der Waals surface area contributed by atoms with Crippen molar-refractivity contribution in [2.45, 2.75) is 32.6 Å². The van der Waals surface area contributed by atoms with Crippen molar-refractivity contribution in [2.24, 2.45) is 11.1 Å². The van der Waals surface area contributed by atoms with Gasteiger partial charge in [-0.3, -0.25) is 19.8 Å². The van der Waals surface area contributed by atoms with Gasteiger partial charge in [-0.05, 0) is 35.6 Å². The first-order chi connectivity index (χ1) is 16.2. The van der Waals surface area contributed by atoms with Crippen molar-refractivity contribution in [1.82, 2.24) is 0 Å². The van der Waals surface area contributed by atoms with Gasteiger partial charge in [0.25, 0.3) is 5.69 Å². The topological polar surface area (TPSA) is 132 Å². The summed E-state index contributed by atoms with van der Waals surface area (Å²) in [7, 11) is 0. The van der Waals surface area contributed by atoms with Gasteiger partial charge in [0.15, 0.2) is 17.3 Å². The van der Waals surface area contributed by atoms with Crippen LogP contribution in [0.25, 0.3) is 0 Å². The third kappa shape index (κ3) is 3.35. The number of ketones is 1. The van der Waals surface area contributed by atoms with E-state index in [0.717, 1.165) is 0 Å². The number of fused-ring (bicyclic) bond motifs is 1. The number of rotatable bonds is 3. The van der Waals surface area contributed by atoms with Crippen LogP contribution >= 0.6 is 0 Å². The highest BCUT2D eigenvalue weighted by atomic mass is 16.7. The summed E-state index contributed by atoms with van der Waals surface area (Å²) in [5.41, 5.74) is 8.60. The Hall–Kier alpha value is -4.32. The zero-order valence-electron chi connectivity index (χ0n) is 18.7. The molecule has 1 unspecified atom stereocenters. The molecule has 2 aromatic carbocycles. The van der Waals surface area contributed by atoms with E-state index in [1.165, 1.54) is 12.1 Å². The van der Waals surface area contributed by atoms with Gasteiger partial charge in [0.1, 0.15) is 5.82 Å². The predicted molar refractivity (Wildman–Crippen MR) is 123 cm³/mol. The molecule has 5 rings (SSSR count). The van der Waals surface area contributed by atoms with E-state index in [4.69, 9.17) is 15.2 Å². The van der Waals surface area contributed by atoms with Crippen LogP contribution in [0.1, 0.15) is 38.2 Å². The number of Topliss-reactive ketones (excluding diaryl/α,β-unsaturated/α-hetero) is 1. The Bertz CT molecular complexity index is 1350. The zero-order chi connectivity index (χ0) is 24.2. The molecule has 9 nitrogen and oxygen atoms in total. The Labute approximate surface area is 195 Å². The third-order valence-electron chi connectivity index (χ3n) is 6.41. The van der Waals surface area contributed by atoms with E-state index in [1.54, 1.807) is 29.2 Å². The number of nitro groups is 1. The number of benzene rings is 2. The zero-order valence-corrected chi connectivity index (χ0v) is 18.7. The van der Waals surface area contributed by atoms with Crippen LogP contribution in [0.3, 0.4) is 0 Å². The summed E-state index contributed by atoms with van der Waals surface area (Å²) in [6.45, 7) is 4.10. The van der Waals surface area contributed by atoms with Gasteiger partial charge < -0.3 is 15.2 Å². The fraction of sp³-hybridized carbons (Fsp3) is 0.280. The number of carbonyl (C=O) groups excluding carboxylic acids is 1. The molecule has 0 saturated heterocycles. The van der Waals surface area contributed by atoms with Crippen LogP contribution in [-0.4, -0.2) is 17.5 Å². The average Bonchev–Trinajstić information content (AvgIpc) is 3.25.